The highest BCUT2D eigenvalue weighted by Crippen LogP contribution is 2.24. The van der Waals surface area contributed by atoms with Gasteiger partial charge in [-0.05, 0) is 31.4 Å². The Morgan fingerprint density at radius 2 is 1.66 bits per heavy atom. The molecule has 1 amide bonds. The van der Waals surface area contributed by atoms with Gasteiger partial charge in [-0.1, -0.05) is 55.5 Å². The van der Waals surface area contributed by atoms with Gasteiger partial charge in [0.25, 0.3) is 5.91 Å². The van der Waals surface area contributed by atoms with Crippen molar-refractivity contribution in [2.45, 2.75) is 32.2 Å². The van der Waals surface area contributed by atoms with Gasteiger partial charge in [0.15, 0.2) is 0 Å². The van der Waals surface area contributed by atoms with E-state index in [1.165, 1.54) is 0 Å². The van der Waals surface area contributed by atoms with Crippen molar-refractivity contribution in [1.29, 1.82) is 0 Å². The van der Waals surface area contributed by atoms with Crippen LogP contribution in [0.3, 0.4) is 0 Å². The quantitative estimate of drug-likeness (QED) is 0.595. The van der Waals surface area contributed by atoms with E-state index in [0.29, 0.717) is 43.6 Å². The number of sulfonamides is 1. The average molecular weight is 453 g/mol. The van der Waals surface area contributed by atoms with Crippen LogP contribution in [0.2, 0.25) is 0 Å². The fourth-order valence-corrected chi connectivity index (χ4v) is 5.53. The Morgan fingerprint density at radius 1 is 1.03 bits per heavy atom. The monoisotopic (exact) mass is 452 g/mol. The highest BCUT2D eigenvalue weighted by Gasteiger charge is 2.29. The first-order valence-electron chi connectivity index (χ1n) is 11.0. The van der Waals surface area contributed by atoms with Gasteiger partial charge in [-0.3, -0.25) is 4.79 Å². The number of rotatable bonds is 7. The van der Waals surface area contributed by atoms with E-state index in [1.807, 2.05) is 67.6 Å². The minimum absolute atomic E-state index is 0.0701. The van der Waals surface area contributed by atoms with Crippen LogP contribution in [0.15, 0.2) is 66.9 Å². The standard InChI is InChI=1S/C24H28N4O3S/c1-2-17-32(30,31)27-15-13-20(14-16-27)25-24(29)22-18-28(21-11-7-4-8-12-21)26-23(22)19-9-5-3-6-10-19/h3-12,18,20H,2,13-17H2,1H3,(H,25,29). The van der Waals surface area contributed by atoms with E-state index in [1.54, 1.807) is 15.2 Å². The van der Waals surface area contributed by atoms with Crippen LogP contribution < -0.4 is 5.32 Å². The van der Waals surface area contributed by atoms with Crippen molar-refractivity contribution >= 4 is 15.9 Å². The van der Waals surface area contributed by atoms with Gasteiger partial charge >= 0.3 is 0 Å². The minimum atomic E-state index is -3.20. The number of piperidine rings is 1. The predicted molar refractivity (Wildman–Crippen MR) is 125 cm³/mol. The van der Waals surface area contributed by atoms with Crippen molar-refractivity contribution in [2.75, 3.05) is 18.8 Å². The molecule has 8 heteroatoms. The number of hydrogen-bond acceptors (Lipinski definition) is 4. The maximum Gasteiger partial charge on any atom is 0.255 e. The number of amides is 1. The van der Waals surface area contributed by atoms with Gasteiger partial charge in [0.2, 0.25) is 10.0 Å². The van der Waals surface area contributed by atoms with Crippen molar-refractivity contribution in [3.8, 4) is 16.9 Å². The van der Waals surface area contributed by atoms with E-state index >= 15 is 0 Å². The minimum Gasteiger partial charge on any atom is -0.349 e. The first kappa shape index (κ1) is 22.2. The Labute approximate surface area is 189 Å². The van der Waals surface area contributed by atoms with Gasteiger partial charge in [-0.25, -0.2) is 17.4 Å². The SMILES string of the molecule is CCCS(=O)(=O)N1CCC(NC(=O)c2cn(-c3ccccc3)nc2-c2ccccc2)CC1. The number of carbonyl (C=O) groups is 1. The predicted octanol–water partition coefficient (Wildman–Crippen LogP) is 3.47. The highest BCUT2D eigenvalue weighted by molar-refractivity contribution is 7.89. The van der Waals surface area contributed by atoms with Crippen LogP contribution in [0.25, 0.3) is 16.9 Å². The van der Waals surface area contributed by atoms with Gasteiger partial charge in [0, 0.05) is 30.9 Å². The molecule has 1 aliphatic heterocycles. The Balaban J connectivity index is 1.53. The molecule has 0 atom stereocenters. The molecule has 1 aromatic heterocycles. The fraction of sp³-hybridized carbons (Fsp3) is 0.333. The molecular formula is C24H28N4O3S. The van der Waals surface area contributed by atoms with E-state index in [-0.39, 0.29) is 17.7 Å². The lowest BCUT2D eigenvalue weighted by Gasteiger charge is -2.31. The molecule has 0 radical (unpaired) electrons. The second-order valence-electron chi connectivity index (χ2n) is 8.00. The summed E-state index contributed by atoms with van der Waals surface area (Å²) < 4.78 is 27.9. The summed E-state index contributed by atoms with van der Waals surface area (Å²) in [5.41, 5.74) is 2.86. The molecule has 1 fully saturated rings. The lowest BCUT2D eigenvalue weighted by molar-refractivity contribution is 0.0924. The van der Waals surface area contributed by atoms with Crippen molar-refractivity contribution in [3.05, 3.63) is 72.4 Å². The van der Waals surface area contributed by atoms with Gasteiger partial charge < -0.3 is 5.32 Å². The molecule has 0 saturated carbocycles. The van der Waals surface area contributed by atoms with Gasteiger partial charge in [0.1, 0.15) is 5.69 Å². The highest BCUT2D eigenvalue weighted by atomic mass is 32.2. The van der Waals surface area contributed by atoms with Crippen molar-refractivity contribution in [3.63, 3.8) is 0 Å². The smallest absolute Gasteiger partial charge is 0.255 e. The molecule has 0 unspecified atom stereocenters. The van der Waals surface area contributed by atoms with Crippen LogP contribution in [0.5, 0.6) is 0 Å². The molecule has 1 saturated heterocycles. The summed E-state index contributed by atoms with van der Waals surface area (Å²) in [5.74, 6) is -0.0238. The van der Waals surface area contributed by atoms with E-state index in [2.05, 4.69) is 5.32 Å². The van der Waals surface area contributed by atoms with Crippen LogP contribution in [-0.4, -0.2) is 53.3 Å². The Morgan fingerprint density at radius 3 is 2.28 bits per heavy atom. The number of aromatic nitrogens is 2. The molecule has 0 aliphatic carbocycles. The third-order valence-corrected chi connectivity index (χ3v) is 7.75. The Kier molecular flexibility index (Phi) is 6.72. The summed E-state index contributed by atoms with van der Waals surface area (Å²) in [4.78, 5) is 13.2. The number of hydrogen-bond donors (Lipinski definition) is 1. The molecule has 32 heavy (non-hydrogen) atoms. The molecule has 2 aromatic carbocycles. The number of nitrogens with one attached hydrogen (secondary N) is 1. The lowest BCUT2D eigenvalue weighted by Crippen LogP contribution is -2.47. The third-order valence-electron chi connectivity index (χ3n) is 5.67. The van der Waals surface area contributed by atoms with E-state index in [4.69, 9.17) is 5.10 Å². The summed E-state index contributed by atoms with van der Waals surface area (Å²) >= 11 is 0. The molecule has 0 bridgehead atoms. The molecule has 7 nitrogen and oxygen atoms in total. The first-order chi connectivity index (χ1) is 15.5. The second kappa shape index (κ2) is 9.67. The maximum absolute atomic E-state index is 13.2. The van der Waals surface area contributed by atoms with E-state index in [9.17, 15) is 13.2 Å². The van der Waals surface area contributed by atoms with Crippen molar-refractivity contribution < 1.29 is 13.2 Å². The summed E-state index contributed by atoms with van der Waals surface area (Å²) in [6.45, 7) is 2.73. The largest absolute Gasteiger partial charge is 0.349 e. The number of benzene rings is 2. The van der Waals surface area contributed by atoms with Gasteiger partial charge in [0.05, 0.1) is 17.0 Å². The molecule has 0 spiro atoms. The number of nitrogens with zero attached hydrogens (tertiary/aromatic N) is 3. The second-order valence-corrected chi connectivity index (χ2v) is 10.1. The molecule has 4 rings (SSSR count). The molecular weight excluding hydrogens is 424 g/mol. The molecule has 168 valence electrons. The number of carbonyl (C=O) groups excluding carboxylic acids is 1. The van der Waals surface area contributed by atoms with Crippen LogP contribution in [0.1, 0.15) is 36.5 Å². The van der Waals surface area contributed by atoms with Crippen LogP contribution in [0.4, 0.5) is 0 Å². The average Bonchev–Trinajstić information content (AvgIpc) is 3.26. The molecule has 1 aliphatic rings. The van der Waals surface area contributed by atoms with Crippen LogP contribution in [0, 0.1) is 0 Å². The van der Waals surface area contributed by atoms with Crippen LogP contribution in [-0.2, 0) is 10.0 Å². The zero-order valence-electron chi connectivity index (χ0n) is 18.1. The molecule has 1 N–H and O–H groups in total. The Hall–Kier alpha value is -2.97. The maximum atomic E-state index is 13.2. The Bertz CT molecular complexity index is 1150. The normalized spacial score (nSPS) is 15.5. The summed E-state index contributed by atoms with van der Waals surface area (Å²) in [5, 5.41) is 7.80. The third kappa shape index (κ3) is 4.92. The summed E-state index contributed by atoms with van der Waals surface area (Å²) in [6.07, 6.45) is 3.56. The van der Waals surface area contributed by atoms with E-state index in [0.717, 1.165) is 11.3 Å². The topological polar surface area (TPSA) is 84.3 Å². The zero-order chi connectivity index (χ0) is 22.6. The number of para-hydroxylation sites is 1. The van der Waals surface area contributed by atoms with E-state index < -0.39 is 10.0 Å². The fourth-order valence-electron chi connectivity index (χ4n) is 3.99. The molecule has 2 heterocycles. The van der Waals surface area contributed by atoms with Crippen molar-refractivity contribution in [1.82, 2.24) is 19.4 Å². The van der Waals surface area contributed by atoms with Gasteiger partial charge in [-0.2, -0.15) is 5.10 Å². The zero-order valence-corrected chi connectivity index (χ0v) is 19.0. The lowest BCUT2D eigenvalue weighted by atomic mass is 10.0. The summed E-state index contributed by atoms with van der Waals surface area (Å²) in [7, 11) is -3.20. The van der Waals surface area contributed by atoms with Crippen molar-refractivity contribution in [2.24, 2.45) is 0 Å². The summed E-state index contributed by atoms with van der Waals surface area (Å²) in [6, 6.07) is 19.3. The first-order valence-corrected chi connectivity index (χ1v) is 12.6. The molecule has 3 aromatic rings. The van der Waals surface area contributed by atoms with Gasteiger partial charge in [-0.15, -0.1) is 0 Å². The van der Waals surface area contributed by atoms with Crippen LogP contribution >= 0.6 is 0 Å².